The lowest BCUT2D eigenvalue weighted by atomic mass is 10.0. The van der Waals surface area contributed by atoms with Gasteiger partial charge in [0.15, 0.2) is 5.78 Å². The van der Waals surface area contributed by atoms with Gasteiger partial charge in [-0.3, -0.25) is 9.59 Å². The van der Waals surface area contributed by atoms with Crippen LogP contribution in [-0.4, -0.2) is 24.3 Å². The zero-order valence-corrected chi connectivity index (χ0v) is 24.4. The van der Waals surface area contributed by atoms with Crippen molar-refractivity contribution in [1.82, 2.24) is 5.32 Å². The maximum Gasteiger partial charge on any atom is 0.225 e. The number of para-hydroxylation sites is 1. The molecule has 0 aliphatic rings. The number of carbonyl (C=O) groups excluding carboxylic acids is 2. The van der Waals surface area contributed by atoms with Gasteiger partial charge >= 0.3 is 0 Å². The molecule has 0 aliphatic carbocycles. The Hall–Kier alpha value is -5.20. The first-order chi connectivity index (χ1) is 21.6. The van der Waals surface area contributed by atoms with Gasteiger partial charge in [-0.15, -0.1) is 0 Å². The van der Waals surface area contributed by atoms with Gasteiger partial charge in [0, 0.05) is 6.42 Å². The number of hydrogen-bond acceptors (Lipinski definition) is 5. The van der Waals surface area contributed by atoms with Crippen molar-refractivity contribution < 1.29 is 23.8 Å². The third kappa shape index (κ3) is 9.68. The summed E-state index contributed by atoms with van der Waals surface area (Å²) in [6.45, 7) is 0.883. The minimum Gasteiger partial charge on any atom is -0.489 e. The molecule has 1 amide bonds. The molecule has 1 atom stereocenters. The lowest BCUT2D eigenvalue weighted by molar-refractivity contribution is -0.128. The summed E-state index contributed by atoms with van der Waals surface area (Å²) in [7, 11) is 0. The number of ketones is 1. The third-order valence-electron chi connectivity index (χ3n) is 6.94. The average molecular weight is 586 g/mol. The van der Waals surface area contributed by atoms with Crippen LogP contribution < -0.4 is 14.8 Å². The standard InChI is InChI=1S/C38H35NO5/c40-37(24-29-18-22-35(23-19-29)44-34-14-8-3-9-15-34)36(28-42-26-31-10-4-1-5-11-31)39-38(41)25-30-16-20-33(21-17-30)43-27-32-12-6-2-7-13-32/h1-23,36H,24-28H2,(H,39,41). The summed E-state index contributed by atoms with van der Waals surface area (Å²) in [6, 6.07) is 43.2. The van der Waals surface area contributed by atoms with Crippen LogP contribution in [0.4, 0.5) is 0 Å². The topological polar surface area (TPSA) is 73.9 Å². The summed E-state index contributed by atoms with van der Waals surface area (Å²) in [4.78, 5) is 26.5. The molecule has 0 spiro atoms. The van der Waals surface area contributed by atoms with Crippen molar-refractivity contribution in [3.05, 3.63) is 162 Å². The predicted molar refractivity (Wildman–Crippen MR) is 171 cm³/mol. The van der Waals surface area contributed by atoms with Gasteiger partial charge in [0.2, 0.25) is 5.91 Å². The molecule has 222 valence electrons. The fraction of sp³-hybridized carbons (Fsp3) is 0.158. The molecule has 5 aromatic carbocycles. The van der Waals surface area contributed by atoms with Crippen LogP contribution in [0.3, 0.4) is 0 Å². The summed E-state index contributed by atoms with van der Waals surface area (Å²) in [5, 5.41) is 2.91. The van der Waals surface area contributed by atoms with Crippen LogP contribution in [0.5, 0.6) is 17.2 Å². The molecule has 0 radical (unpaired) electrons. The normalized spacial score (nSPS) is 11.4. The van der Waals surface area contributed by atoms with E-state index in [9.17, 15) is 9.59 Å². The summed E-state index contributed by atoms with van der Waals surface area (Å²) in [5.74, 6) is 1.76. The van der Waals surface area contributed by atoms with Crippen LogP contribution in [0.15, 0.2) is 140 Å². The Labute approximate surface area is 258 Å². The highest BCUT2D eigenvalue weighted by molar-refractivity contribution is 5.91. The Morgan fingerprint density at radius 1 is 0.523 bits per heavy atom. The monoisotopic (exact) mass is 585 g/mol. The number of nitrogens with one attached hydrogen (secondary N) is 1. The van der Waals surface area contributed by atoms with E-state index in [2.05, 4.69) is 5.32 Å². The summed E-state index contributed by atoms with van der Waals surface area (Å²) >= 11 is 0. The second-order valence-corrected chi connectivity index (χ2v) is 10.4. The quantitative estimate of drug-likeness (QED) is 0.142. The molecule has 5 aromatic rings. The molecule has 5 rings (SSSR count). The first kappa shape index (κ1) is 30.3. The van der Waals surface area contributed by atoms with Crippen LogP contribution in [0, 0.1) is 0 Å². The van der Waals surface area contributed by atoms with E-state index < -0.39 is 6.04 Å². The highest BCUT2D eigenvalue weighted by Crippen LogP contribution is 2.21. The van der Waals surface area contributed by atoms with Gasteiger partial charge < -0.3 is 19.5 Å². The number of ether oxygens (including phenoxy) is 3. The van der Waals surface area contributed by atoms with E-state index in [1.807, 2.05) is 140 Å². The smallest absolute Gasteiger partial charge is 0.225 e. The fourth-order valence-electron chi connectivity index (χ4n) is 4.58. The first-order valence-electron chi connectivity index (χ1n) is 14.6. The molecule has 0 saturated heterocycles. The average Bonchev–Trinajstić information content (AvgIpc) is 3.06. The minimum absolute atomic E-state index is 0.0704. The third-order valence-corrected chi connectivity index (χ3v) is 6.94. The summed E-state index contributed by atoms with van der Waals surface area (Å²) < 4.78 is 17.6. The van der Waals surface area contributed by atoms with Crippen LogP contribution >= 0.6 is 0 Å². The highest BCUT2D eigenvalue weighted by atomic mass is 16.5. The van der Waals surface area contributed by atoms with E-state index in [4.69, 9.17) is 14.2 Å². The molecule has 0 saturated carbocycles. The summed E-state index contributed by atoms with van der Waals surface area (Å²) in [5.41, 5.74) is 3.72. The highest BCUT2D eigenvalue weighted by Gasteiger charge is 2.22. The second kappa shape index (κ2) is 15.9. The molecular weight excluding hydrogens is 550 g/mol. The number of benzene rings is 5. The van der Waals surface area contributed by atoms with E-state index in [0.29, 0.717) is 19.0 Å². The van der Waals surface area contributed by atoms with Gasteiger partial charge in [-0.2, -0.15) is 0 Å². The number of hydrogen-bond donors (Lipinski definition) is 1. The van der Waals surface area contributed by atoms with Crippen LogP contribution in [0.25, 0.3) is 0 Å². The predicted octanol–water partition coefficient (Wildman–Crippen LogP) is 7.11. The van der Waals surface area contributed by atoms with E-state index >= 15 is 0 Å². The van der Waals surface area contributed by atoms with Crippen molar-refractivity contribution >= 4 is 11.7 Å². The number of carbonyl (C=O) groups is 2. The van der Waals surface area contributed by atoms with E-state index in [-0.39, 0.29) is 31.1 Å². The molecule has 1 N–H and O–H groups in total. The SMILES string of the molecule is O=C(Cc1ccc(OCc2ccccc2)cc1)NC(COCc1ccccc1)C(=O)Cc1ccc(Oc2ccccc2)cc1. The Morgan fingerprint density at radius 3 is 1.64 bits per heavy atom. The second-order valence-electron chi connectivity index (χ2n) is 10.4. The molecule has 0 fully saturated rings. The van der Waals surface area contributed by atoms with Gasteiger partial charge in [-0.25, -0.2) is 0 Å². The molecular formula is C38H35NO5. The van der Waals surface area contributed by atoms with Crippen molar-refractivity contribution in [3.8, 4) is 17.2 Å². The Balaban J connectivity index is 1.17. The van der Waals surface area contributed by atoms with Crippen molar-refractivity contribution in [3.63, 3.8) is 0 Å². The lowest BCUT2D eigenvalue weighted by Gasteiger charge is -2.18. The molecule has 6 heteroatoms. The molecule has 6 nitrogen and oxygen atoms in total. The molecule has 44 heavy (non-hydrogen) atoms. The van der Waals surface area contributed by atoms with E-state index in [1.165, 1.54) is 0 Å². The Bertz CT molecular complexity index is 1590. The number of amides is 1. The number of rotatable bonds is 15. The first-order valence-corrected chi connectivity index (χ1v) is 14.6. The van der Waals surface area contributed by atoms with Crippen molar-refractivity contribution in [2.45, 2.75) is 32.1 Å². The van der Waals surface area contributed by atoms with Crippen molar-refractivity contribution in [1.29, 1.82) is 0 Å². The molecule has 0 bridgehead atoms. The van der Waals surface area contributed by atoms with Gasteiger partial charge in [0.05, 0.1) is 19.6 Å². The largest absolute Gasteiger partial charge is 0.489 e. The van der Waals surface area contributed by atoms with Gasteiger partial charge in [0.25, 0.3) is 0 Å². The van der Waals surface area contributed by atoms with Gasteiger partial charge in [0.1, 0.15) is 29.9 Å². The maximum atomic E-state index is 13.4. The van der Waals surface area contributed by atoms with Crippen LogP contribution in [0.1, 0.15) is 22.3 Å². The van der Waals surface area contributed by atoms with Gasteiger partial charge in [-0.05, 0) is 58.7 Å². The lowest BCUT2D eigenvalue weighted by Crippen LogP contribution is -2.45. The maximum absolute atomic E-state index is 13.4. The fourth-order valence-corrected chi connectivity index (χ4v) is 4.58. The zero-order chi connectivity index (χ0) is 30.4. The van der Waals surface area contributed by atoms with Crippen molar-refractivity contribution in [2.75, 3.05) is 6.61 Å². The molecule has 0 heterocycles. The molecule has 1 unspecified atom stereocenters. The molecule has 0 aliphatic heterocycles. The number of Topliss-reactive ketones (excluding diaryl/α,β-unsaturated/α-hetero) is 1. The molecule has 0 aromatic heterocycles. The van der Waals surface area contributed by atoms with Crippen LogP contribution in [0.2, 0.25) is 0 Å². The Morgan fingerprint density at radius 2 is 1.02 bits per heavy atom. The summed E-state index contributed by atoms with van der Waals surface area (Å²) in [6.07, 6.45) is 0.283. The zero-order valence-electron chi connectivity index (χ0n) is 24.4. The van der Waals surface area contributed by atoms with E-state index in [0.717, 1.165) is 33.8 Å². The van der Waals surface area contributed by atoms with E-state index in [1.54, 1.807) is 0 Å². The Kier molecular flexibility index (Phi) is 10.9. The van der Waals surface area contributed by atoms with Crippen molar-refractivity contribution in [2.24, 2.45) is 0 Å². The van der Waals surface area contributed by atoms with Gasteiger partial charge in [-0.1, -0.05) is 103 Å². The minimum atomic E-state index is -0.792. The van der Waals surface area contributed by atoms with Crippen LogP contribution in [-0.2, 0) is 40.4 Å².